The van der Waals surface area contributed by atoms with E-state index in [1.54, 1.807) is 38.3 Å². The Balaban J connectivity index is 2.17. The van der Waals surface area contributed by atoms with Crippen molar-refractivity contribution in [1.82, 2.24) is 10.3 Å². The molecule has 0 saturated heterocycles. The summed E-state index contributed by atoms with van der Waals surface area (Å²) in [5, 5.41) is 9.74. The standard InChI is InChI=1S/C11H11N3O3/c1-7-10(14-17-13-7)12-11(15)8-4-3-5-9(6-8)16-2/h3-6H,1-2H3,(H,12,14,15). The molecule has 1 aromatic carbocycles. The fourth-order valence-electron chi connectivity index (χ4n) is 1.29. The molecule has 0 saturated carbocycles. The van der Waals surface area contributed by atoms with Crippen LogP contribution >= 0.6 is 0 Å². The monoisotopic (exact) mass is 233 g/mol. The van der Waals surface area contributed by atoms with Gasteiger partial charge >= 0.3 is 0 Å². The smallest absolute Gasteiger partial charge is 0.257 e. The third-order valence-corrected chi connectivity index (χ3v) is 2.22. The number of carbonyl (C=O) groups excluding carboxylic acids is 1. The highest BCUT2D eigenvalue weighted by Gasteiger charge is 2.11. The van der Waals surface area contributed by atoms with Gasteiger partial charge in [0.1, 0.15) is 11.4 Å². The molecule has 0 aliphatic heterocycles. The van der Waals surface area contributed by atoms with Crippen LogP contribution in [0, 0.1) is 6.92 Å². The molecule has 88 valence electrons. The molecule has 1 amide bonds. The van der Waals surface area contributed by atoms with Gasteiger partial charge in [-0.3, -0.25) is 4.79 Å². The zero-order valence-corrected chi connectivity index (χ0v) is 9.43. The van der Waals surface area contributed by atoms with Crippen molar-refractivity contribution in [2.45, 2.75) is 6.92 Å². The summed E-state index contributed by atoms with van der Waals surface area (Å²) in [5.41, 5.74) is 1.01. The first kappa shape index (κ1) is 11.1. The molecule has 1 N–H and O–H groups in total. The van der Waals surface area contributed by atoms with Crippen molar-refractivity contribution >= 4 is 11.7 Å². The number of rotatable bonds is 3. The van der Waals surface area contributed by atoms with Crippen LogP contribution in [0.3, 0.4) is 0 Å². The molecule has 6 nitrogen and oxygen atoms in total. The van der Waals surface area contributed by atoms with Crippen molar-refractivity contribution in [2.75, 3.05) is 12.4 Å². The summed E-state index contributed by atoms with van der Waals surface area (Å²) in [6, 6.07) is 6.82. The second-order valence-electron chi connectivity index (χ2n) is 3.38. The Hall–Kier alpha value is -2.37. The second-order valence-corrected chi connectivity index (χ2v) is 3.38. The average Bonchev–Trinajstić information content (AvgIpc) is 2.75. The summed E-state index contributed by atoms with van der Waals surface area (Å²) in [6.45, 7) is 1.69. The van der Waals surface area contributed by atoms with E-state index in [1.807, 2.05) is 0 Å². The van der Waals surface area contributed by atoms with Crippen LogP contribution in [0.4, 0.5) is 5.82 Å². The van der Waals surface area contributed by atoms with Gasteiger partial charge in [-0.05, 0) is 30.3 Å². The number of methoxy groups -OCH3 is 1. The molecule has 2 aromatic rings. The van der Waals surface area contributed by atoms with Gasteiger partial charge in [0.25, 0.3) is 5.91 Å². The van der Waals surface area contributed by atoms with Gasteiger partial charge in [0.15, 0.2) is 0 Å². The molecule has 0 unspecified atom stereocenters. The van der Waals surface area contributed by atoms with Crippen molar-refractivity contribution in [3.05, 3.63) is 35.5 Å². The van der Waals surface area contributed by atoms with E-state index in [2.05, 4.69) is 20.3 Å². The Labute approximate surface area is 97.5 Å². The fraction of sp³-hybridized carbons (Fsp3) is 0.182. The lowest BCUT2D eigenvalue weighted by Gasteiger charge is -2.04. The number of anilines is 1. The minimum Gasteiger partial charge on any atom is -0.497 e. The summed E-state index contributed by atoms with van der Waals surface area (Å²) in [4.78, 5) is 11.9. The number of ether oxygens (including phenoxy) is 1. The third kappa shape index (κ3) is 2.41. The van der Waals surface area contributed by atoms with Crippen molar-refractivity contribution in [2.24, 2.45) is 0 Å². The molecular weight excluding hydrogens is 222 g/mol. The Bertz CT molecular complexity index is 536. The Morgan fingerprint density at radius 1 is 1.41 bits per heavy atom. The summed E-state index contributed by atoms with van der Waals surface area (Å²) >= 11 is 0. The van der Waals surface area contributed by atoms with E-state index < -0.39 is 0 Å². The number of nitrogens with zero attached hydrogens (tertiary/aromatic N) is 2. The van der Waals surface area contributed by atoms with Crippen LogP contribution in [0.1, 0.15) is 16.1 Å². The summed E-state index contributed by atoms with van der Waals surface area (Å²) < 4.78 is 9.52. The Kier molecular flexibility index (Phi) is 3.04. The van der Waals surface area contributed by atoms with Crippen LogP contribution in [0.2, 0.25) is 0 Å². The van der Waals surface area contributed by atoms with E-state index in [0.29, 0.717) is 22.8 Å². The van der Waals surface area contributed by atoms with E-state index in [-0.39, 0.29) is 5.91 Å². The largest absolute Gasteiger partial charge is 0.497 e. The molecule has 1 aromatic heterocycles. The lowest BCUT2D eigenvalue weighted by atomic mass is 10.2. The number of aryl methyl sites for hydroxylation is 1. The third-order valence-electron chi connectivity index (χ3n) is 2.22. The molecule has 0 aliphatic rings. The number of nitrogens with one attached hydrogen (secondary N) is 1. The minimum atomic E-state index is -0.289. The molecule has 2 rings (SSSR count). The number of hydrogen-bond donors (Lipinski definition) is 1. The number of hydrogen-bond acceptors (Lipinski definition) is 5. The highest BCUT2D eigenvalue weighted by Crippen LogP contribution is 2.14. The van der Waals surface area contributed by atoms with E-state index >= 15 is 0 Å². The fourth-order valence-corrected chi connectivity index (χ4v) is 1.29. The van der Waals surface area contributed by atoms with Crippen LogP contribution in [0.15, 0.2) is 28.9 Å². The SMILES string of the molecule is COc1cccc(C(=O)Nc2nonc2C)c1. The maximum absolute atomic E-state index is 11.9. The van der Waals surface area contributed by atoms with Crippen LogP contribution in [-0.4, -0.2) is 23.3 Å². The minimum absolute atomic E-state index is 0.289. The lowest BCUT2D eigenvalue weighted by molar-refractivity contribution is 0.102. The predicted octanol–water partition coefficient (Wildman–Crippen LogP) is 1.64. The molecule has 0 radical (unpaired) electrons. The first-order valence-corrected chi connectivity index (χ1v) is 4.95. The molecule has 0 fully saturated rings. The van der Waals surface area contributed by atoms with Crippen molar-refractivity contribution in [3.8, 4) is 5.75 Å². The topological polar surface area (TPSA) is 77.2 Å². The average molecular weight is 233 g/mol. The van der Waals surface area contributed by atoms with Crippen LogP contribution in [0.5, 0.6) is 5.75 Å². The van der Waals surface area contributed by atoms with Crippen LogP contribution in [-0.2, 0) is 0 Å². The van der Waals surface area contributed by atoms with Crippen molar-refractivity contribution in [1.29, 1.82) is 0 Å². The zero-order valence-electron chi connectivity index (χ0n) is 9.43. The van der Waals surface area contributed by atoms with Gasteiger partial charge in [-0.15, -0.1) is 0 Å². The molecule has 1 heterocycles. The van der Waals surface area contributed by atoms with Gasteiger partial charge < -0.3 is 10.1 Å². The number of benzene rings is 1. The molecule has 0 spiro atoms. The van der Waals surface area contributed by atoms with Gasteiger partial charge in [0.05, 0.1) is 7.11 Å². The molecule has 6 heteroatoms. The molecule has 0 aliphatic carbocycles. The number of carbonyl (C=O) groups is 1. The maximum Gasteiger partial charge on any atom is 0.257 e. The molecule has 0 atom stereocenters. The first-order valence-electron chi connectivity index (χ1n) is 4.95. The van der Waals surface area contributed by atoms with Crippen LogP contribution in [0.25, 0.3) is 0 Å². The predicted molar refractivity (Wildman–Crippen MR) is 60.0 cm³/mol. The zero-order chi connectivity index (χ0) is 12.3. The van der Waals surface area contributed by atoms with Gasteiger partial charge in [0.2, 0.25) is 5.82 Å². The highest BCUT2D eigenvalue weighted by molar-refractivity contribution is 6.04. The lowest BCUT2D eigenvalue weighted by Crippen LogP contribution is -2.12. The quantitative estimate of drug-likeness (QED) is 0.871. The van der Waals surface area contributed by atoms with E-state index in [0.717, 1.165) is 0 Å². The summed E-state index contributed by atoms with van der Waals surface area (Å²) in [6.07, 6.45) is 0. The van der Waals surface area contributed by atoms with Crippen LogP contribution < -0.4 is 10.1 Å². The van der Waals surface area contributed by atoms with Crippen molar-refractivity contribution < 1.29 is 14.2 Å². The molecule has 17 heavy (non-hydrogen) atoms. The maximum atomic E-state index is 11.9. The number of amides is 1. The second kappa shape index (κ2) is 4.65. The van der Waals surface area contributed by atoms with E-state index in [9.17, 15) is 4.79 Å². The van der Waals surface area contributed by atoms with Crippen molar-refractivity contribution in [3.63, 3.8) is 0 Å². The molecular formula is C11H11N3O3. The highest BCUT2D eigenvalue weighted by atomic mass is 16.6. The van der Waals surface area contributed by atoms with E-state index in [4.69, 9.17) is 4.74 Å². The van der Waals surface area contributed by atoms with E-state index in [1.165, 1.54) is 0 Å². The van der Waals surface area contributed by atoms with Gasteiger partial charge in [0, 0.05) is 5.56 Å². The van der Waals surface area contributed by atoms with Gasteiger partial charge in [-0.2, -0.15) is 0 Å². The Morgan fingerprint density at radius 2 is 2.24 bits per heavy atom. The summed E-state index contributed by atoms with van der Waals surface area (Å²) in [5.74, 6) is 0.646. The summed E-state index contributed by atoms with van der Waals surface area (Å²) in [7, 11) is 1.54. The molecule has 0 bridgehead atoms. The van der Waals surface area contributed by atoms with Gasteiger partial charge in [-0.25, -0.2) is 4.63 Å². The van der Waals surface area contributed by atoms with Gasteiger partial charge in [-0.1, -0.05) is 11.2 Å². The normalized spacial score (nSPS) is 10.0. The first-order chi connectivity index (χ1) is 8.20. The Morgan fingerprint density at radius 3 is 2.88 bits per heavy atom. The number of aromatic nitrogens is 2.